The standard InChI is InChI=1S/C14H15N3O/c18-14(15-10-6-2-1-3-7-10)13-16-11-8-4-5-9-12(11)17-13/h2,4-6,8-10H,1,3,7H2,(H,15,18)(H,16,17). The largest absolute Gasteiger partial charge is 0.343 e. The number of para-hydroxylation sites is 2. The van der Waals surface area contributed by atoms with Crippen molar-refractivity contribution in [1.82, 2.24) is 15.3 Å². The summed E-state index contributed by atoms with van der Waals surface area (Å²) in [4.78, 5) is 19.4. The molecule has 1 amide bonds. The van der Waals surface area contributed by atoms with Crippen molar-refractivity contribution in [1.29, 1.82) is 0 Å². The van der Waals surface area contributed by atoms with Gasteiger partial charge in [0.15, 0.2) is 5.82 Å². The number of aromatic amines is 1. The third kappa shape index (κ3) is 2.14. The Hall–Kier alpha value is -2.10. The van der Waals surface area contributed by atoms with Gasteiger partial charge in [-0.05, 0) is 31.4 Å². The number of hydrogen-bond acceptors (Lipinski definition) is 2. The molecule has 1 aromatic carbocycles. The second kappa shape index (κ2) is 4.64. The zero-order valence-electron chi connectivity index (χ0n) is 10.0. The fourth-order valence-electron chi connectivity index (χ4n) is 2.23. The van der Waals surface area contributed by atoms with Crippen molar-refractivity contribution in [3.63, 3.8) is 0 Å². The third-order valence-electron chi connectivity index (χ3n) is 3.18. The van der Waals surface area contributed by atoms with Crippen LogP contribution < -0.4 is 5.32 Å². The summed E-state index contributed by atoms with van der Waals surface area (Å²) in [6, 6.07) is 7.78. The molecule has 1 heterocycles. The Morgan fingerprint density at radius 2 is 2.28 bits per heavy atom. The quantitative estimate of drug-likeness (QED) is 0.793. The average molecular weight is 241 g/mol. The van der Waals surface area contributed by atoms with Crippen molar-refractivity contribution in [3.05, 3.63) is 42.2 Å². The van der Waals surface area contributed by atoms with Crippen molar-refractivity contribution in [3.8, 4) is 0 Å². The molecule has 0 aliphatic heterocycles. The van der Waals surface area contributed by atoms with E-state index in [4.69, 9.17) is 0 Å². The van der Waals surface area contributed by atoms with Crippen LogP contribution in [-0.2, 0) is 0 Å². The summed E-state index contributed by atoms with van der Waals surface area (Å²) in [7, 11) is 0. The number of hydrogen-bond donors (Lipinski definition) is 2. The molecule has 0 saturated heterocycles. The molecule has 1 atom stereocenters. The fraction of sp³-hybridized carbons (Fsp3) is 0.286. The van der Waals surface area contributed by atoms with Gasteiger partial charge in [-0.25, -0.2) is 4.98 Å². The monoisotopic (exact) mass is 241 g/mol. The fourth-order valence-corrected chi connectivity index (χ4v) is 2.23. The Morgan fingerprint density at radius 3 is 3.06 bits per heavy atom. The number of fused-ring (bicyclic) bond motifs is 1. The SMILES string of the molecule is O=C(NC1C=CCCC1)c1nc2ccccc2[nH]1. The molecule has 4 nitrogen and oxygen atoms in total. The van der Waals surface area contributed by atoms with Gasteiger partial charge in [0.2, 0.25) is 0 Å². The van der Waals surface area contributed by atoms with E-state index in [1.165, 1.54) is 0 Å². The van der Waals surface area contributed by atoms with Gasteiger partial charge in [0.05, 0.1) is 11.0 Å². The van der Waals surface area contributed by atoms with Gasteiger partial charge < -0.3 is 10.3 Å². The summed E-state index contributed by atoms with van der Waals surface area (Å²) in [6.45, 7) is 0. The van der Waals surface area contributed by atoms with E-state index in [2.05, 4.69) is 27.4 Å². The molecule has 4 heteroatoms. The number of carbonyl (C=O) groups is 1. The third-order valence-corrected chi connectivity index (χ3v) is 3.18. The number of aromatic nitrogens is 2. The van der Waals surface area contributed by atoms with Crippen molar-refractivity contribution in [2.45, 2.75) is 25.3 Å². The Balaban J connectivity index is 1.79. The van der Waals surface area contributed by atoms with Gasteiger partial charge in [0, 0.05) is 6.04 Å². The molecular weight excluding hydrogens is 226 g/mol. The lowest BCUT2D eigenvalue weighted by molar-refractivity contribution is 0.0933. The lowest BCUT2D eigenvalue weighted by Crippen LogP contribution is -2.34. The van der Waals surface area contributed by atoms with Crippen LogP contribution in [0.2, 0.25) is 0 Å². The first-order valence-corrected chi connectivity index (χ1v) is 6.25. The van der Waals surface area contributed by atoms with E-state index in [1.807, 2.05) is 24.3 Å². The molecule has 0 bridgehead atoms. The van der Waals surface area contributed by atoms with E-state index < -0.39 is 0 Å². The molecule has 0 radical (unpaired) electrons. The van der Waals surface area contributed by atoms with Crippen LogP contribution in [-0.4, -0.2) is 21.9 Å². The summed E-state index contributed by atoms with van der Waals surface area (Å²) >= 11 is 0. The molecule has 3 rings (SSSR count). The number of H-pyrrole nitrogens is 1. The number of carbonyl (C=O) groups excluding carboxylic acids is 1. The molecule has 1 aromatic heterocycles. The Bertz CT molecular complexity index is 567. The summed E-state index contributed by atoms with van der Waals surface area (Å²) in [5.41, 5.74) is 1.71. The van der Waals surface area contributed by atoms with Gasteiger partial charge in [-0.1, -0.05) is 24.3 Å². The second-order valence-corrected chi connectivity index (χ2v) is 4.54. The van der Waals surface area contributed by atoms with Crippen molar-refractivity contribution in [2.24, 2.45) is 0 Å². The molecule has 1 unspecified atom stereocenters. The smallest absolute Gasteiger partial charge is 0.287 e. The second-order valence-electron chi connectivity index (χ2n) is 4.54. The van der Waals surface area contributed by atoms with Crippen LogP contribution in [0, 0.1) is 0 Å². The van der Waals surface area contributed by atoms with Crippen LogP contribution >= 0.6 is 0 Å². The number of nitrogens with one attached hydrogen (secondary N) is 2. The highest BCUT2D eigenvalue weighted by atomic mass is 16.2. The molecule has 0 spiro atoms. The maximum absolute atomic E-state index is 12.0. The lowest BCUT2D eigenvalue weighted by atomic mass is 10.0. The molecule has 0 saturated carbocycles. The van der Waals surface area contributed by atoms with E-state index in [1.54, 1.807) is 0 Å². The summed E-state index contributed by atoms with van der Waals surface area (Å²) in [5, 5.41) is 2.98. The van der Waals surface area contributed by atoms with Crippen LogP contribution in [0.3, 0.4) is 0 Å². The average Bonchev–Trinajstić information content (AvgIpc) is 2.84. The van der Waals surface area contributed by atoms with Gasteiger partial charge in [-0.2, -0.15) is 0 Å². The first-order valence-electron chi connectivity index (χ1n) is 6.25. The van der Waals surface area contributed by atoms with Crippen LogP contribution in [0.15, 0.2) is 36.4 Å². The molecule has 0 fully saturated rings. The number of allylic oxidation sites excluding steroid dienone is 1. The minimum absolute atomic E-state index is 0.136. The van der Waals surface area contributed by atoms with Crippen molar-refractivity contribution < 1.29 is 4.79 Å². The Morgan fingerprint density at radius 1 is 1.39 bits per heavy atom. The van der Waals surface area contributed by atoms with Crippen LogP contribution in [0.1, 0.15) is 29.9 Å². The first-order chi connectivity index (χ1) is 8.83. The molecule has 92 valence electrons. The van der Waals surface area contributed by atoms with Crippen LogP contribution in [0.25, 0.3) is 11.0 Å². The summed E-state index contributed by atoms with van der Waals surface area (Å²) in [6.07, 6.45) is 7.41. The molecule has 1 aliphatic carbocycles. The van der Waals surface area contributed by atoms with E-state index >= 15 is 0 Å². The summed E-state index contributed by atoms with van der Waals surface area (Å²) < 4.78 is 0. The number of nitrogens with zero attached hydrogens (tertiary/aromatic N) is 1. The number of benzene rings is 1. The maximum Gasteiger partial charge on any atom is 0.287 e. The van der Waals surface area contributed by atoms with Crippen LogP contribution in [0.4, 0.5) is 0 Å². The van der Waals surface area contributed by atoms with E-state index in [9.17, 15) is 4.79 Å². The maximum atomic E-state index is 12.0. The highest BCUT2D eigenvalue weighted by Crippen LogP contribution is 2.12. The van der Waals surface area contributed by atoms with Crippen molar-refractivity contribution in [2.75, 3.05) is 0 Å². The zero-order chi connectivity index (χ0) is 12.4. The number of rotatable bonds is 2. The van der Waals surface area contributed by atoms with Gasteiger partial charge in [0.1, 0.15) is 0 Å². The highest BCUT2D eigenvalue weighted by molar-refractivity contribution is 5.94. The minimum atomic E-state index is -0.136. The Kier molecular flexibility index (Phi) is 2.84. The summed E-state index contributed by atoms with van der Waals surface area (Å²) in [5.74, 6) is 0.248. The molecule has 2 aromatic rings. The van der Waals surface area contributed by atoms with Crippen LogP contribution in [0.5, 0.6) is 0 Å². The molecule has 2 N–H and O–H groups in total. The molecular formula is C14H15N3O. The van der Waals surface area contributed by atoms with E-state index in [0.717, 1.165) is 30.3 Å². The highest BCUT2D eigenvalue weighted by Gasteiger charge is 2.15. The van der Waals surface area contributed by atoms with E-state index in [0.29, 0.717) is 5.82 Å². The number of imidazole rings is 1. The van der Waals surface area contributed by atoms with Gasteiger partial charge in [-0.15, -0.1) is 0 Å². The van der Waals surface area contributed by atoms with Gasteiger partial charge in [-0.3, -0.25) is 4.79 Å². The van der Waals surface area contributed by atoms with E-state index in [-0.39, 0.29) is 11.9 Å². The predicted molar refractivity (Wildman–Crippen MR) is 70.3 cm³/mol. The van der Waals surface area contributed by atoms with Crippen molar-refractivity contribution >= 4 is 16.9 Å². The Labute approximate surface area is 105 Å². The molecule has 18 heavy (non-hydrogen) atoms. The molecule has 1 aliphatic rings. The lowest BCUT2D eigenvalue weighted by Gasteiger charge is -2.16. The topological polar surface area (TPSA) is 57.8 Å². The predicted octanol–water partition coefficient (Wildman–Crippen LogP) is 2.40. The first kappa shape index (κ1) is 11.0. The van der Waals surface area contributed by atoms with Gasteiger partial charge in [0.25, 0.3) is 5.91 Å². The zero-order valence-corrected chi connectivity index (χ0v) is 10.0. The normalized spacial score (nSPS) is 19.0. The van der Waals surface area contributed by atoms with Gasteiger partial charge >= 0.3 is 0 Å². The minimum Gasteiger partial charge on any atom is -0.343 e. The number of amides is 1.